The van der Waals surface area contributed by atoms with Crippen molar-refractivity contribution in [1.29, 1.82) is 0 Å². The Kier molecular flexibility index (Phi) is 4.84. The molecule has 1 aromatic carbocycles. The highest BCUT2D eigenvalue weighted by Gasteiger charge is 2.49. The maximum absolute atomic E-state index is 13.5. The minimum absolute atomic E-state index is 0.157. The van der Waals surface area contributed by atoms with Crippen LogP contribution in [0.5, 0.6) is 0 Å². The van der Waals surface area contributed by atoms with Crippen molar-refractivity contribution in [2.24, 2.45) is 0 Å². The van der Waals surface area contributed by atoms with Gasteiger partial charge in [-0.15, -0.1) is 0 Å². The summed E-state index contributed by atoms with van der Waals surface area (Å²) in [4.78, 5) is 19.9. The summed E-state index contributed by atoms with van der Waals surface area (Å²) in [5.41, 5.74) is 3.33. The molecule has 9 heteroatoms. The molecule has 5 rings (SSSR count). The molecule has 3 heterocycles. The van der Waals surface area contributed by atoms with Crippen LogP contribution in [0.15, 0.2) is 24.3 Å². The Bertz CT molecular complexity index is 1140. The summed E-state index contributed by atoms with van der Waals surface area (Å²) in [7, 11) is 3.55. The topological polar surface area (TPSA) is 97.5 Å². The zero-order chi connectivity index (χ0) is 21.8. The molecule has 1 aliphatic heterocycles. The number of aromatic nitrogens is 3. The number of amides is 1. The number of carbonyl (C=O) groups excluding carboxylic acids is 1. The molecule has 8 nitrogen and oxygen atoms in total. The minimum Gasteiger partial charge on any atom is -0.383 e. The fraction of sp³-hybridized carbons (Fsp3) is 0.455. The summed E-state index contributed by atoms with van der Waals surface area (Å²) in [5, 5.41) is 19.1. The van der Waals surface area contributed by atoms with E-state index in [1.54, 1.807) is 24.1 Å². The van der Waals surface area contributed by atoms with E-state index in [0.717, 1.165) is 29.6 Å². The maximum Gasteiger partial charge on any atom is 0.270 e. The number of aliphatic hydroxyl groups excluding tert-OH is 1. The number of benzene rings is 1. The Labute approximate surface area is 179 Å². The van der Waals surface area contributed by atoms with Crippen LogP contribution in [0.4, 0.5) is 4.39 Å². The average Bonchev–Trinajstić information content (AvgIpc) is 3.24. The lowest BCUT2D eigenvalue weighted by atomic mass is 10.0. The second-order valence-electron chi connectivity index (χ2n) is 8.60. The highest BCUT2D eigenvalue weighted by Crippen LogP contribution is 2.44. The molecular weight excluding hydrogens is 401 g/mol. The standard InChI is InChI=1S/C22H26FN5O3/c1-27(22(6-7-22)12-31-2)21(30)19-15-11-28(8-5-17(15)25-26-19)20(29)18-10-13-9-14(23)3-4-16(13)24-18/h3-4,9-10,21,24,30H,5-8,11-12H2,1-2H3,(H,25,26). The summed E-state index contributed by atoms with van der Waals surface area (Å²) in [5.74, 6) is -0.494. The number of likely N-dealkylation sites (N-methyl/N-ethyl adjacent to an activating group) is 1. The number of nitrogens with zero attached hydrogens (tertiary/aromatic N) is 3. The Morgan fingerprint density at radius 2 is 2.23 bits per heavy atom. The number of hydrogen-bond acceptors (Lipinski definition) is 5. The molecule has 1 saturated carbocycles. The van der Waals surface area contributed by atoms with Crippen molar-refractivity contribution in [3.63, 3.8) is 0 Å². The van der Waals surface area contributed by atoms with E-state index in [-0.39, 0.29) is 17.3 Å². The zero-order valence-corrected chi connectivity index (χ0v) is 17.6. The molecule has 1 fully saturated rings. The van der Waals surface area contributed by atoms with Crippen LogP contribution in [0.2, 0.25) is 0 Å². The summed E-state index contributed by atoms with van der Waals surface area (Å²) in [6, 6.07) is 6.08. The van der Waals surface area contributed by atoms with Crippen LogP contribution in [-0.4, -0.2) is 68.8 Å². The molecule has 0 radical (unpaired) electrons. The van der Waals surface area contributed by atoms with Gasteiger partial charge in [0.15, 0.2) is 6.23 Å². The number of methoxy groups -OCH3 is 1. The SMILES string of the molecule is COCC1(N(C)C(O)c2n[nH]c3c2CN(C(=O)c2cc4cc(F)ccc4[nH]2)CC3)CC1. The molecule has 0 spiro atoms. The van der Waals surface area contributed by atoms with Gasteiger partial charge < -0.3 is 19.7 Å². The summed E-state index contributed by atoms with van der Waals surface area (Å²) < 4.78 is 18.8. The van der Waals surface area contributed by atoms with Crippen LogP contribution in [0.3, 0.4) is 0 Å². The molecule has 31 heavy (non-hydrogen) atoms. The molecule has 3 N–H and O–H groups in total. The van der Waals surface area contributed by atoms with E-state index >= 15 is 0 Å². The largest absolute Gasteiger partial charge is 0.383 e. The predicted molar refractivity (Wildman–Crippen MR) is 112 cm³/mol. The maximum atomic E-state index is 13.5. The number of nitrogens with one attached hydrogen (secondary N) is 2. The molecule has 2 aromatic heterocycles. The third-order valence-electron chi connectivity index (χ3n) is 6.67. The fourth-order valence-corrected chi connectivity index (χ4v) is 4.55. The average molecular weight is 427 g/mol. The number of carbonyl (C=O) groups is 1. The van der Waals surface area contributed by atoms with Gasteiger partial charge in [-0.05, 0) is 44.2 Å². The molecule has 164 valence electrons. The molecule has 3 aromatic rings. The molecular formula is C22H26FN5O3. The van der Waals surface area contributed by atoms with Crippen LogP contribution in [-0.2, 0) is 17.7 Å². The quantitative estimate of drug-likeness (QED) is 0.525. The van der Waals surface area contributed by atoms with E-state index in [1.807, 2.05) is 11.9 Å². The van der Waals surface area contributed by atoms with E-state index < -0.39 is 6.23 Å². The van der Waals surface area contributed by atoms with Crippen molar-refractivity contribution in [3.8, 4) is 0 Å². The van der Waals surface area contributed by atoms with Gasteiger partial charge in [0.2, 0.25) is 0 Å². The molecule has 1 aliphatic carbocycles. The lowest BCUT2D eigenvalue weighted by Crippen LogP contribution is -2.41. The smallest absolute Gasteiger partial charge is 0.270 e. The summed E-state index contributed by atoms with van der Waals surface area (Å²) in [6.07, 6.45) is 1.67. The highest BCUT2D eigenvalue weighted by atomic mass is 19.1. The summed E-state index contributed by atoms with van der Waals surface area (Å²) in [6.45, 7) is 1.45. The van der Waals surface area contributed by atoms with E-state index in [0.29, 0.717) is 42.9 Å². The predicted octanol–water partition coefficient (Wildman–Crippen LogP) is 2.33. The van der Waals surface area contributed by atoms with Gasteiger partial charge in [-0.1, -0.05) is 0 Å². The van der Waals surface area contributed by atoms with E-state index in [2.05, 4.69) is 15.2 Å². The fourth-order valence-electron chi connectivity index (χ4n) is 4.55. The number of halogens is 1. The first-order valence-electron chi connectivity index (χ1n) is 10.5. The molecule has 1 unspecified atom stereocenters. The lowest BCUT2D eigenvalue weighted by molar-refractivity contribution is -0.0431. The Balaban J connectivity index is 1.37. The zero-order valence-electron chi connectivity index (χ0n) is 17.6. The highest BCUT2D eigenvalue weighted by molar-refractivity contribution is 5.98. The third-order valence-corrected chi connectivity index (χ3v) is 6.67. The summed E-state index contributed by atoms with van der Waals surface area (Å²) >= 11 is 0. The Morgan fingerprint density at radius 1 is 1.42 bits per heavy atom. The van der Waals surface area contributed by atoms with Gasteiger partial charge in [-0.2, -0.15) is 5.10 Å². The van der Waals surface area contributed by atoms with Gasteiger partial charge in [-0.25, -0.2) is 4.39 Å². The number of fused-ring (bicyclic) bond motifs is 2. The van der Waals surface area contributed by atoms with E-state index in [4.69, 9.17) is 4.74 Å². The molecule has 1 amide bonds. The number of aliphatic hydroxyl groups is 1. The number of H-pyrrole nitrogens is 2. The molecule has 1 atom stereocenters. The van der Waals surface area contributed by atoms with Gasteiger partial charge in [0, 0.05) is 54.3 Å². The van der Waals surface area contributed by atoms with Crippen LogP contribution in [0, 0.1) is 5.82 Å². The van der Waals surface area contributed by atoms with E-state index in [1.165, 1.54) is 12.1 Å². The normalized spacial score (nSPS) is 18.4. The van der Waals surface area contributed by atoms with Gasteiger partial charge >= 0.3 is 0 Å². The van der Waals surface area contributed by atoms with Gasteiger partial charge in [0.1, 0.15) is 17.2 Å². The van der Waals surface area contributed by atoms with Gasteiger partial charge in [0.05, 0.1) is 6.61 Å². The second kappa shape index (κ2) is 7.44. The molecule has 0 saturated heterocycles. The van der Waals surface area contributed by atoms with E-state index in [9.17, 15) is 14.3 Å². The second-order valence-corrected chi connectivity index (χ2v) is 8.60. The third kappa shape index (κ3) is 3.42. The number of rotatable bonds is 6. The lowest BCUT2D eigenvalue weighted by Gasteiger charge is -2.32. The van der Waals surface area contributed by atoms with Crippen molar-refractivity contribution < 1.29 is 19.0 Å². The first-order chi connectivity index (χ1) is 14.9. The Morgan fingerprint density at radius 3 is 2.97 bits per heavy atom. The van der Waals surface area contributed by atoms with Crippen LogP contribution in [0.1, 0.15) is 46.5 Å². The van der Waals surface area contributed by atoms with Crippen LogP contribution in [0.25, 0.3) is 10.9 Å². The monoisotopic (exact) mass is 427 g/mol. The first-order valence-corrected chi connectivity index (χ1v) is 10.5. The van der Waals surface area contributed by atoms with Crippen molar-refractivity contribution in [1.82, 2.24) is 25.0 Å². The number of ether oxygens (including phenoxy) is 1. The Hall–Kier alpha value is -2.75. The number of aromatic amines is 2. The van der Waals surface area contributed by atoms with Crippen LogP contribution < -0.4 is 0 Å². The molecule has 0 bridgehead atoms. The van der Waals surface area contributed by atoms with Crippen molar-refractivity contribution in [3.05, 3.63) is 52.7 Å². The first kappa shape index (κ1) is 20.2. The van der Waals surface area contributed by atoms with Crippen LogP contribution >= 0.6 is 0 Å². The van der Waals surface area contributed by atoms with Gasteiger partial charge in [0.25, 0.3) is 5.91 Å². The molecule has 2 aliphatic rings. The van der Waals surface area contributed by atoms with Gasteiger partial charge in [-0.3, -0.25) is 14.8 Å². The minimum atomic E-state index is -0.885. The van der Waals surface area contributed by atoms with Crippen molar-refractivity contribution >= 4 is 16.8 Å². The van der Waals surface area contributed by atoms with Crippen molar-refractivity contribution in [2.75, 3.05) is 27.3 Å². The van der Waals surface area contributed by atoms with Crippen molar-refractivity contribution in [2.45, 2.75) is 37.6 Å². The number of hydrogen-bond donors (Lipinski definition) is 3.